The minimum atomic E-state index is -0.690. The predicted molar refractivity (Wildman–Crippen MR) is 91.6 cm³/mol. The Bertz CT molecular complexity index is 545. The van der Waals surface area contributed by atoms with Gasteiger partial charge in [-0.2, -0.15) is 0 Å². The second-order valence-electron chi connectivity index (χ2n) is 5.34. The first kappa shape index (κ1) is 19.1. The molecule has 3 amide bonds. The molecule has 1 heterocycles. The zero-order chi connectivity index (χ0) is 16.1. The summed E-state index contributed by atoms with van der Waals surface area (Å²) in [6.45, 7) is 4.00. The first-order chi connectivity index (χ1) is 10.6. The average molecular weight is 342 g/mol. The maximum absolute atomic E-state index is 12.0. The predicted octanol–water partition coefficient (Wildman–Crippen LogP) is 3.70. The fraction of sp³-hybridized carbons (Fsp3) is 0.500. The second kappa shape index (κ2) is 8.62. The molecule has 1 saturated heterocycles. The van der Waals surface area contributed by atoms with Crippen molar-refractivity contribution in [1.29, 1.82) is 0 Å². The number of nitrogens with zero attached hydrogens (tertiary/aromatic N) is 2. The van der Waals surface area contributed by atoms with E-state index in [0.29, 0.717) is 0 Å². The SMILES string of the molecule is CCCCCc1ccccc1N1C(C)NC(=O)N1C(=O)OC.Cl. The fourth-order valence-corrected chi connectivity index (χ4v) is 2.66. The van der Waals surface area contributed by atoms with Crippen LogP contribution in [0.1, 0.15) is 38.7 Å². The minimum Gasteiger partial charge on any atom is -0.451 e. The van der Waals surface area contributed by atoms with Crippen molar-refractivity contribution in [3.63, 3.8) is 0 Å². The van der Waals surface area contributed by atoms with E-state index in [9.17, 15) is 9.59 Å². The number of hydrazine groups is 1. The van der Waals surface area contributed by atoms with Gasteiger partial charge in [0.05, 0.1) is 12.8 Å². The Kier molecular flexibility index (Phi) is 7.16. The van der Waals surface area contributed by atoms with Crippen LogP contribution in [0.2, 0.25) is 0 Å². The molecule has 1 N–H and O–H groups in total. The minimum absolute atomic E-state index is 0. The number of anilines is 1. The quantitative estimate of drug-likeness (QED) is 0.829. The van der Waals surface area contributed by atoms with E-state index in [0.717, 1.165) is 41.9 Å². The van der Waals surface area contributed by atoms with E-state index in [1.165, 1.54) is 7.11 Å². The van der Waals surface area contributed by atoms with E-state index in [1.54, 1.807) is 5.01 Å². The number of para-hydroxylation sites is 1. The summed E-state index contributed by atoms with van der Waals surface area (Å²) in [7, 11) is 1.27. The van der Waals surface area contributed by atoms with Gasteiger partial charge in [0, 0.05) is 0 Å². The van der Waals surface area contributed by atoms with Crippen LogP contribution >= 0.6 is 12.4 Å². The molecule has 0 bridgehead atoms. The van der Waals surface area contributed by atoms with Gasteiger partial charge in [0.1, 0.15) is 6.17 Å². The number of unbranched alkanes of at least 4 members (excludes halogenated alkanes) is 2. The van der Waals surface area contributed by atoms with Gasteiger partial charge in [-0.05, 0) is 31.4 Å². The summed E-state index contributed by atoms with van der Waals surface area (Å²) in [6, 6.07) is 7.37. The van der Waals surface area contributed by atoms with Gasteiger partial charge in [-0.25, -0.2) is 14.6 Å². The third-order valence-corrected chi connectivity index (χ3v) is 3.74. The lowest BCUT2D eigenvalue weighted by atomic mass is 10.0. The summed E-state index contributed by atoms with van der Waals surface area (Å²) in [5.74, 6) is 0. The van der Waals surface area contributed by atoms with Crippen LogP contribution in [0.4, 0.5) is 15.3 Å². The highest BCUT2D eigenvalue weighted by atomic mass is 35.5. The zero-order valence-electron chi connectivity index (χ0n) is 13.7. The van der Waals surface area contributed by atoms with Crippen molar-refractivity contribution in [1.82, 2.24) is 10.3 Å². The summed E-state index contributed by atoms with van der Waals surface area (Å²) < 4.78 is 4.73. The Hall–Kier alpha value is -1.95. The van der Waals surface area contributed by atoms with Crippen LogP contribution in [0, 0.1) is 0 Å². The molecule has 1 aliphatic rings. The van der Waals surface area contributed by atoms with E-state index < -0.39 is 12.1 Å². The van der Waals surface area contributed by atoms with Crippen LogP contribution in [0.25, 0.3) is 0 Å². The molecule has 1 atom stereocenters. The second-order valence-corrected chi connectivity index (χ2v) is 5.34. The lowest BCUT2D eigenvalue weighted by molar-refractivity contribution is 0.133. The largest absolute Gasteiger partial charge is 0.451 e. The molecule has 0 radical (unpaired) electrons. The normalized spacial score (nSPS) is 16.8. The Labute approximate surface area is 143 Å². The first-order valence-electron chi connectivity index (χ1n) is 7.65. The van der Waals surface area contributed by atoms with Crippen molar-refractivity contribution in [2.75, 3.05) is 12.1 Å². The molecule has 1 aliphatic heterocycles. The molecule has 7 heteroatoms. The first-order valence-corrected chi connectivity index (χ1v) is 7.65. The van der Waals surface area contributed by atoms with Crippen molar-refractivity contribution in [3.05, 3.63) is 29.8 Å². The summed E-state index contributed by atoms with van der Waals surface area (Å²) in [6.07, 6.45) is 3.30. The topological polar surface area (TPSA) is 61.9 Å². The Morgan fingerprint density at radius 2 is 2.00 bits per heavy atom. The Morgan fingerprint density at radius 3 is 2.65 bits per heavy atom. The number of benzene rings is 1. The number of carbonyl (C=O) groups is 2. The van der Waals surface area contributed by atoms with Gasteiger partial charge in [-0.1, -0.05) is 38.0 Å². The van der Waals surface area contributed by atoms with Crippen LogP contribution in [0.5, 0.6) is 0 Å². The Balaban J connectivity index is 0.00000264. The number of carbonyl (C=O) groups excluding carboxylic acids is 2. The zero-order valence-corrected chi connectivity index (χ0v) is 14.6. The number of hydrogen-bond donors (Lipinski definition) is 1. The number of methoxy groups -OCH3 is 1. The third-order valence-electron chi connectivity index (χ3n) is 3.74. The lowest BCUT2D eigenvalue weighted by Gasteiger charge is -2.30. The summed E-state index contributed by atoms with van der Waals surface area (Å²) in [5, 5.41) is 5.42. The monoisotopic (exact) mass is 341 g/mol. The van der Waals surface area contributed by atoms with Crippen molar-refractivity contribution in [3.8, 4) is 0 Å². The molecule has 1 unspecified atom stereocenters. The fourth-order valence-electron chi connectivity index (χ4n) is 2.66. The van der Waals surface area contributed by atoms with Crippen molar-refractivity contribution >= 4 is 30.2 Å². The summed E-state index contributed by atoms with van der Waals surface area (Å²) >= 11 is 0. The summed E-state index contributed by atoms with van der Waals surface area (Å²) in [4.78, 5) is 23.9. The molecule has 128 valence electrons. The van der Waals surface area contributed by atoms with Gasteiger partial charge in [0.15, 0.2) is 0 Å². The molecule has 0 saturated carbocycles. The van der Waals surface area contributed by atoms with Gasteiger partial charge < -0.3 is 10.1 Å². The third kappa shape index (κ3) is 4.07. The Morgan fingerprint density at radius 1 is 1.30 bits per heavy atom. The van der Waals surface area contributed by atoms with Crippen molar-refractivity contribution < 1.29 is 14.3 Å². The van der Waals surface area contributed by atoms with Gasteiger partial charge in [-0.3, -0.25) is 0 Å². The molecule has 0 aliphatic carbocycles. The van der Waals surface area contributed by atoms with Gasteiger partial charge in [0.2, 0.25) is 0 Å². The van der Waals surface area contributed by atoms with E-state index in [-0.39, 0.29) is 18.6 Å². The van der Waals surface area contributed by atoms with Gasteiger partial charge in [0.25, 0.3) is 0 Å². The van der Waals surface area contributed by atoms with Gasteiger partial charge >= 0.3 is 12.1 Å². The molecule has 6 nitrogen and oxygen atoms in total. The molecule has 1 aromatic rings. The molecule has 0 aromatic heterocycles. The van der Waals surface area contributed by atoms with E-state index >= 15 is 0 Å². The van der Waals surface area contributed by atoms with Crippen molar-refractivity contribution in [2.24, 2.45) is 0 Å². The lowest BCUT2D eigenvalue weighted by Crippen LogP contribution is -2.46. The number of imide groups is 1. The molecule has 2 rings (SSSR count). The number of rotatable bonds is 5. The highest BCUT2D eigenvalue weighted by molar-refractivity contribution is 5.95. The highest BCUT2D eigenvalue weighted by Gasteiger charge is 2.40. The van der Waals surface area contributed by atoms with Crippen molar-refractivity contribution in [2.45, 2.75) is 45.7 Å². The number of hydrogen-bond acceptors (Lipinski definition) is 4. The number of aryl methyl sites for hydroxylation is 1. The van der Waals surface area contributed by atoms with Crippen LogP contribution in [-0.4, -0.2) is 30.4 Å². The average Bonchev–Trinajstić information content (AvgIpc) is 2.81. The van der Waals surface area contributed by atoms with Crippen LogP contribution in [-0.2, 0) is 11.2 Å². The molecule has 1 aromatic carbocycles. The molecular weight excluding hydrogens is 318 g/mol. The molecular formula is C16H24ClN3O3. The number of nitrogens with one attached hydrogen (secondary N) is 1. The smallest absolute Gasteiger partial charge is 0.437 e. The maximum Gasteiger partial charge on any atom is 0.437 e. The van der Waals surface area contributed by atoms with Crippen LogP contribution < -0.4 is 10.3 Å². The van der Waals surface area contributed by atoms with E-state index in [4.69, 9.17) is 4.74 Å². The number of ether oxygens (including phenoxy) is 1. The molecule has 1 fully saturated rings. The standard InChI is InChI=1S/C16H23N3O3.ClH/c1-4-5-6-9-13-10-7-8-11-14(13)18-12(2)17-15(20)19(18)16(21)22-3;/h7-8,10-12H,4-6,9H2,1-3H3,(H,17,20);1H. The molecule has 23 heavy (non-hydrogen) atoms. The number of amides is 3. The molecule has 0 spiro atoms. The van der Waals surface area contributed by atoms with E-state index in [1.807, 2.05) is 31.2 Å². The van der Waals surface area contributed by atoms with Gasteiger partial charge in [-0.15, -0.1) is 17.4 Å². The summed E-state index contributed by atoms with van der Waals surface area (Å²) in [5.41, 5.74) is 1.98. The number of halogens is 1. The van der Waals surface area contributed by atoms with Crippen LogP contribution in [0.3, 0.4) is 0 Å². The maximum atomic E-state index is 12.0. The van der Waals surface area contributed by atoms with E-state index in [2.05, 4.69) is 12.2 Å². The highest BCUT2D eigenvalue weighted by Crippen LogP contribution is 2.28. The van der Waals surface area contributed by atoms with Crippen LogP contribution in [0.15, 0.2) is 24.3 Å². The number of urea groups is 1.